The van der Waals surface area contributed by atoms with E-state index in [0.717, 1.165) is 12.8 Å². The lowest BCUT2D eigenvalue weighted by Crippen LogP contribution is -2.54. The van der Waals surface area contributed by atoms with Crippen molar-refractivity contribution in [3.8, 4) is 5.75 Å². The van der Waals surface area contributed by atoms with E-state index < -0.39 is 29.7 Å². The Labute approximate surface area is 209 Å². The summed E-state index contributed by atoms with van der Waals surface area (Å²) in [5.74, 6) is -0.614. The number of carbonyl (C=O) groups is 3. The molecule has 9 heteroatoms. The number of carbonyl (C=O) groups excluding carboxylic acids is 3. The molecule has 0 aliphatic carbocycles. The molecule has 2 atom stereocenters. The Bertz CT molecular complexity index is 838. The second kappa shape index (κ2) is 13.5. The number of hydrogen-bond donors (Lipinski definition) is 4. The highest BCUT2D eigenvalue weighted by Crippen LogP contribution is 2.28. The Morgan fingerprint density at radius 2 is 1.79 bits per heavy atom. The number of hydrogen-bond acceptors (Lipinski definition) is 6. The number of aryl methyl sites for hydroxylation is 1. The number of alkyl carbamates (subject to hydrolysis) is 1. The molecule has 0 radical (unpaired) electrons. The summed E-state index contributed by atoms with van der Waals surface area (Å²) in [5, 5.41) is 15.5. The molecular weight excluding hydrogens is 454 g/mol. The van der Waals surface area contributed by atoms with Gasteiger partial charge >= 0.3 is 6.09 Å². The Balaban J connectivity index is 3.41. The van der Waals surface area contributed by atoms with Crippen LogP contribution in [0.5, 0.6) is 5.75 Å². The van der Waals surface area contributed by atoms with Crippen molar-refractivity contribution in [1.82, 2.24) is 15.5 Å². The Hall–Kier alpha value is -2.42. The van der Waals surface area contributed by atoms with Crippen molar-refractivity contribution in [2.45, 2.75) is 91.5 Å². The molecule has 2 unspecified atom stereocenters. The summed E-state index contributed by atoms with van der Waals surface area (Å²) in [7, 11) is 0. The van der Waals surface area contributed by atoms with Crippen LogP contribution in [0.1, 0.15) is 78.0 Å². The van der Waals surface area contributed by atoms with Gasteiger partial charge in [0.2, 0.25) is 11.8 Å². The van der Waals surface area contributed by atoms with Gasteiger partial charge < -0.3 is 25.4 Å². The van der Waals surface area contributed by atoms with E-state index >= 15 is 0 Å². The molecule has 1 aromatic carbocycles. The standard InChI is InChI=1S/C25H41N3O5S/c1-8-9-10-13-28(23(31)19(15-34)27-24(32)33-25(5,6)7)21(22(30)26-16(2)3)18-11-12-20(29)17(4)14-18/h11-12,14,16,19,21,29,34H,8-10,13,15H2,1-7H3,(H,26,30)(H,27,32). The van der Waals surface area contributed by atoms with E-state index in [4.69, 9.17) is 4.74 Å². The highest BCUT2D eigenvalue weighted by molar-refractivity contribution is 7.80. The van der Waals surface area contributed by atoms with Crippen LogP contribution in [0, 0.1) is 6.92 Å². The lowest BCUT2D eigenvalue weighted by molar-refractivity contribution is -0.142. The molecule has 34 heavy (non-hydrogen) atoms. The molecule has 8 nitrogen and oxygen atoms in total. The first kappa shape index (κ1) is 29.6. The molecule has 0 saturated carbocycles. The smallest absolute Gasteiger partial charge is 0.408 e. The molecule has 0 fully saturated rings. The van der Waals surface area contributed by atoms with E-state index in [9.17, 15) is 19.5 Å². The van der Waals surface area contributed by atoms with Crippen molar-refractivity contribution in [1.29, 1.82) is 0 Å². The zero-order valence-electron chi connectivity index (χ0n) is 21.5. The summed E-state index contributed by atoms with van der Waals surface area (Å²) in [5.41, 5.74) is 0.449. The van der Waals surface area contributed by atoms with Crippen LogP contribution in [-0.4, -0.2) is 57.9 Å². The van der Waals surface area contributed by atoms with Crippen LogP contribution in [-0.2, 0) is 14.3 Å². The van der Waals surface area contributed by atoms with Crippen LogP contribution in [0.2, 0.25) is 0 Å². The Morgan fingerprint density at radius 3 is 2.29 bits per heavy atom. The van der Waals surface area contributed by atoms with Crippen molar-refractivity contribution < 1.29 is 24.2 Å². The van der Waals surface area contributed by atoms with Gasteiger partial charge in [0.05, 0.1) is 0 Å². The number of benzene rings is 1. The van der Waals surface area contributed by atoms with Gasteiger partial charge in [-0.1, -0.05) is 25.8 Å². The van der Waals surface area contributed by atoms with Gasteiger partial charge in [0.1, 0.15) is 23.4 Å². The summed E-state index contributed by atoms with van der Waals surface area (Å²) < 4.78 is 5.31. The highest BCUT2D eigenvalue weighted by Gasteiger charge is 2.36. The van der Waals surface area contributed by atoms with Crippen molar-refractivity contribution in [2.75, 3.05) is 12.3 Å². The van der Waals surface area contributed by atoms with Gasteiger partial charge in [0, 0.05) is 18.3 Å². The van der Waals surface area contributed by atoms with Crippen molar-refractivity contribution in [3.63, 3.8) is 0 Å². The summed E-state index contributed by atoms with van der Waals surface area (Å²) in [6.45, 7) is 13.0. The predicted octanol–water partition coefficient (Wildman–Crippen LogP) is 4.11. The van der Waals surface area contributed by atoms with E-state index in [1.807, 2.05) is 13.8 Å². The topological polar surface area (TPSA) is 108 Å². The van der Waals surface area contributed by atoms with Crippen LogP contribution >= 0.6 is 12.6 Å². The SMILES string of the molecule is CCCCCN(C(=O)C(CS)NC(=O)OC(C)(C)C)C(C(=O)NC(C)C)c1ccc(O)c(C)c1. The summed E-state index contributed by atoms with van der Waals surface area (Å²) >= 11 is 4.29. The second-order valence-corrected chi connectivity index (χ2v) is 10.1. The fourth-order valence-corrected chi connectivity index (χ4v) is 3.67. The van der Waals surface area contributed by atoms with E-state index in [2.05, 4.69) is 30.2 Å². The van der Waals surface area contributed by atoms with Crippen LogP contribution in [0.4, 0.5) is 4.79 Å². The average molecular weight is 496 g/mol. The zero-order valence-corrected chi connectivity index (χ0v) is 22.4. The van der Waals surface area contributed by atoms with Crippen LogP contribution in [0.25, 0.3) is 0 Å². The number of unbranched alkanes of at least 4 members (excludes halogenated alkanes) is 2. The largest absolute Gasteiger partial charge is 0.508 e. The number of ether oxygens (including phenoxy) is 1. The maximum absolute atomic E-state index is 13.7. The Morgan fingerprint density at radius 1 is 1.15 bits per heavy atom. The number of phenolic OH excluding ortho intramolecular Hbond substituents is 1. The minimum Gasteiger partial charge on any atom is -0.508 e. The average Bonchev–Trinajstić information content (AvgIpc) is 2.71. The van der Waals surface area contributed by atoms with Crippen molar-refractivity contribution in [2.24, 2.45) is 0 Å². The van der Waals surface area contributed by atoms with Gasteiger partial charge in [0.25, 0.3) is 0 Å². The number of rotatable bonds is 11. The minimum atomic E-state index is -0.979. The van der Waals surface area contributed by atoms with Gasteiger partial charge in [-0.05, 0) is 71.2 Å². The van der Waals surface area contributed by atoms with Crippen LogP contribution in [0.15, 0.2) is 18.2 Å². The summed E-state index contributed by atoms with van der Waals surface area (Å²) in [6, 6.07) is 2.81. The number of amides is 3. The fraction of sp³-hybridized carbons (Fsp3) is 0.640. The molecule has 0 aliphatic heterocycles. The molecule has 0 heterocycles. The number of phenols is 1. The van der Waals surface area contributed by atoms with Gasteiger partial charge in [0.15, 0.2) is 0 Å². The molecule has 3 N–H and O–H groups in total. The number of thiol groups is 1. The lowest BCUT2D eigenvalue weighted by Gasteiger charge is -2.34. The minimum absolute atomic E-state index is 0.0372. The molecule has 3 amide bonds. The summed E-state index contributed by atoms with van der Waals surface area (Å²) in [6.07, 6.45) is 1.78. The lowest BCUT2D eigenvalue weighted by atomic mass is 9.99. The Kier molecular flexibility index (Phi) is 11.7. The number of aromatic hydroxyl groups is 1. The second-order valence-electron chi connectivity index (χ2n) is 9.73. The number of nitrogens with one attached hydrogen (secondary N) is 2. The molecule has 0 aliphatic rings. The molecule has 192 valence electrons. The normalized spacial score (nSPS) is 13.2. The third-order valence-corrected chi connectivity index (χ3v) is 5.35. The first-order valence-corrected chi connectivity index (χ1v) is 12.4. The third kappa shape index (κ3) is 9.44. The van der Waals surface area contributed by atoms with Crippen molar-refractivity contribution >= 4 is 30.5 Å². The molecule has 1 aromatic rings. The highest BCUT2D eigenvalue weighted by atomic mass is 32.1. The van der Waals surface area contributed by atoms with Crippen molar-refractivity contribution in [3.05, 3.63) is 29.3 Å². The first-order valence-electron chi connectivity index (χ1n) is 11.8. The molecular formula is C25H41N3O5S. The van der Waals surface area contributed by atoms with E-state index in [0.29, 0.717) is 24.1 Å². The van der Waals surface area contributed by atoms with Gasteiger partial charge in [-0.15, -0.1) is 0 Å². The predicted molar refractivity (Wildman–Crippen MR) is 137 cm³/mol. The molecule has 0 saturated heterocycles. The van der Waals surface area contributed by atoms with E-state index in [1.165, 1.54) is 11.0 Å². The van der Waals surface area contributed by atoms with E-state index in [-0.39, 0.29) is 23.5 Å². The summed E-state index contributed by atoms with van der Waals surface area (Å²) in [4.78, 5) is 40.9. The monoisotopic (exact) mass is 495 g/mol. The molecule has 1 rings (SSSR count). The molecule has 0 bridgehead atoms. The number of nitrogens with zero attached hydrogens (tertiary/aromatic N) is 1. The van der Waals surface area contributed by atoms with Gasteiger partial charge in [-0.25, -0.2) is 4.79 Å². The van der Waals surface area contributed by atoms with Crippen LogP contribution in [0.3, 0.4) is 0 Å². The fourth-order valence-electron chi connectivity index (χ4n) is 3.42. The molecule has 0 aromatic heterocycles. The zero-order chi connectivity index (χ0) is 26.1. The van der Waals surface area contributed by atoms with Crippen LogP contribution < -0.4 is 10.6 Å². The first-order chi connectivity index (χ1) is 15.8. The maximum atomic E-state index is 13.7. The van der Waals surface area contributed by atoms with Gasteiger partial charge in [-0.3, -0.25) is 9.59 Å². The third-order valence-electron chi connectivity index (χ3n) is 4.98. The van der Waals surface area contributed by atoms with Gasteiger partial charge in [-0.2, -0.15) is 12.6 Å². The molecule has 0 spiro atoms. The quantitative estimate of drug-likeness (QED) is 0.273. The van der Waals surface area contributed by atoms with E-state index in [1.54, 1.807) is 39.8 Å². The maximum Gasteiger partial charge on any atom is 0.408 e.